The lowest BCUT2D eigenvalue weighted by Crippen LogP contribution is -2.39. The Morgan fingerprint density at radius 3 is 3.04 bits per heavy atom. The average molecular weight is 340 g/mol. The van der Waals surface area contributed by atoms with Crippen LogP contribution >= 0.6 is 0 Å². The van der Waals surface area contributed by atoms with Crippen LogP contribution in [0.2, 0.25) is 0 Å². The van der Waals surface area contributed by atoms with Gasteiger partial charge in [0.1, 0.15) is 0 Å². The highest BCUT2D eigenvalue weighted by Gasteiger charge is 2.31. The normalized spacial score (nSPS) is 23.4. The SMILES string of the molecule is Cc1nc([C@@H]2CCCN2CC(=O)N[C@@H]2CCCc3ccccc32)no1. The summed E-state index contributed by atoms with van der Waals surface area (Å²) in [6.07, 6.45) is 5.26. The minimum absolute atomic E-state index is 0.0776. The molecule has 1 aliphatic heterocycles. The Kier molecular flexibility index (Phi) is 4.53. The monoisotopic (exact) mass is 340 g/mol. The van der Waals surface area contributed by atoms with E-state index in [2.05, 4.69) is 44.6 Å². The van der Waals surface area contributed by atoms with Crippen molar-refractivity contribution in [3.05, 3.63) is 47.1 Å². The number of amides is 1. The molecule has 25 heavy (non-hydrogen) atoms. The minimum atomic E-state index is 0.0776. The van der Waals surface area contributed by atoms with Crippen LogP contribution < -0.4 is 5.32 Å². The number of aromatic nitrogens is 2. The maximum atomic E-state index is 12.6. The lowest BCUT2D eigenvalue weighted by atomic mass is 9.88. The number of aryl methyl sites for hydroxylation is 2. The van der Waals surface area contributed by atoms with E-state index in [1.54, 1.807) is 6.92 Å². The molecule has 6 nitrogen and oxygen atoms in total. The van der Waals surface area contributed by atoms with E-state index in [1.807, 2.05) is 0 Å². The third-order valence-corrected chi connectivity index (χ3v) is 5.26. The molecule has 0 spiro atoms. The molecule has 1 fully saturated rings. The average Bonchev–Trinajstić information content (AvgIpc) is 3.24. The number of rotatable bonds is 4. The fourth-order valence-corrected chi connectivity index (χ4v) is 4.09. The molecule has 0 unspecified atom stereocenters. The number of nitrogens with zero attached hydrogens (tertiary/aromatic N) is 3. The second-order valence-corrected chi connectivity index (χ2v) is 7.01. The predicted octanol–water partition coefficient (Wildman–Crippen LogP) is 2.71. The molecular weight excluding hydrogens is 316 g/mol. The van der Waals surface area contributed by atoms with Crippen molar-refractivity contribution in [1.29, 1.82) is 0 Å². The summed E-state index contributed by atoms with van der Waals surface area (Å²) in [6, 6.07) is 8.65. The minimum Gasteiger partial charge on any atom is -0.348 e. The van der Waals surface area contributed by atoms with Crippen molar-refractivity contribution in [2.24, 2.45) is 0 Å². The van der Waals surface area contributed by atoms with Gasteiger partial charge in [0, 0.05) is 6.92 Å². The summed E-state index contributed by atoms with van der Waals surface area (Å²) >= 11 is 0. The summed E-state index contributed by atoms with van der Waals surface area (Å²) in [5.74, 6) is 1.35. The van der Waals surface area contributed by atoms with Crippen molar-refractivity contribution in [1.82, 2.24) is 20.4 Å². The Morgan fingerprint density at radius 1 is 1.32 bits per heavy atom. The summed E-state index contributed by atoms with van der Waals surface area (Å²) < 4.78 is 5.10. The molecule has 2 atom stereocenters. The van der Waals surface area contributed by atoms with Crippen molar-refractivity contribution in [3.8, 4) is 0 Å². The lowest BCUT2D eigenvalue weighted by molar-refractivity contribution is -0.123. The van der Waals surface area contributed by atoms with Gasteiger partial charge < -0.3 is 9.84 Å². The molecule has 2 aromatic rings. The number of benzene rings is 1. The van der Waals surface area contributed by atoms with Crippen molar-refractivity contribution >= 4 is 5.91 Å². The highest BCUT2D eigenvalue weighted by Crippen LogP contribution is 2.31. The molecule has 2 aliphatic rings. The van der Waals surface area contributed by atoms with Gasteiger partial charge in [0.25, 0.3) is 0 Å². The van der Waals surface area contributed by atoms with Crippen LogP contribution in [0, 0.1) is 6.92 Å². The molecule has 1 N–H and O–H groups in total. The van der Waals surface area contributed by atoms with E-state index in [9.17, 15) is 4.79 Å². The predicted molar refractivity (Wildman–Crippen MR) is 92.8 cm³/mol. The van der Waals surface area contributed by atoms with Crippen LogP contribution in [0.3, 0.4) is 0 Å². The van der Waals surface area contributed by atoms with Crippen LogP contribution in [0.25, 0.3) is 0 Å². The first-order chi connectivity index (χ1) is 12.2. The van der Waals surface area contributed by atoms with Gasteiger partial charge in [0.2, 0.25) is 11.8 Å². The number of hydrogen-bond donors (Lipinski definition) is 1. The first-order valence-corrected chi connectivity index (χ1v) is 9.12. The molecule has 4 rings (SSSR count). The van der Waals surface area contributed by atoms with Crippen molar-refractivity contribution in [2.45, 2.75) is 51.1 Å². The zero-order valence-electron chi connectivity index (χ0n) is 14.6. The van der Waals surface area contributed by atoms with Gasteiger partial charge in [-0.2, -0.15) is 4.98 Å². The quantitative estimate of drug-likeness (QED) is 0.926. The van der Waals surface area contributed by atoms with Gasteiger partial charge in [-0.1, -0.05) is 29.4 Å². The van der Waals surface area contributed by atoms with Crippen LogP contribution in [0.15, 0.2) is 28.8 Å². The number of fused-ring (bicyclic) bond motifs is 1. The molecular formula is C19H24N4O2. The number of carbonyl (C=O) groups is 1. The maximum absolute atomic E-state index is 12.6. The van der Waals surface area contributed by atoms with E-state index >= 15 is 0 Å². The molecule has 0 bridgehead atoms. The summed E-state index contributed by atoms with van der Waals surface area (Å²) in [4.78, 5) is 19.1. The van der Waals surface area contributed by atoms with Crippen LogP contribution in [-0.4, -0.2) is 34.0 Å². The molecule has 0 radical (unpaired) electrons. The zero-order chi connectivity index (χ0) is 17.2. The first kappa shape index (κ1) is 16.3. The fraction of sp³-hybridized carbons (Fsp3) is 0.526. The summed E-state index contributed by atoms with van der Waals surface area (Å²) in [6.45, 7) is 3.08. The Bertz CT molecular complexity index is 757. The van der Waals surface area contributed by atoms with E-state index < -0.39 is 0 Å². The Balaban J connectivity index is 1.41. The van der Waals surface area contributed by atoms with Gasteiger partial charge in [0.15, 0.2) is 5.82 Å². The molecule has 132 valence electrons. The van der Waals surface area contributed by atoms with Gasteiger partial charge in [-0.05, 0) is 49.8 Å². The zero-order valence-corrected chi connectivity index (χ0v) is 14.6. The summed E-state index contributed by atoms with van der Waals surface area (Å²) in [5.41, 5.74) is 2.63. The molecule has 0 saturated carbocycles. The standard InChI is InChI=1S/C19H24N4O2/c1-13-20-19(22-25-13)17-10-5-11-23(17)12-18(24)21-16-9-4-7-14-6-2-3-8-15(14)16/h2-3,6,8,16-17H,4-5,7,9-12H2,1H3,(H,21,24)/t16-,17+/m1/s1. The van der Waals surface area contributed by atoms with Crippen LogP contribution in [-0.2, 0) is 11.2 Å². The number of likely N-dealkylation sites (tertiary alicyclic amines) is 1. The molecule has 6 heteroatoms. The van der Waals surface area contributed by atoms with Crippen LogP contribution in [0.1, 0.15) is 60.6 Å². The maximum Gasteiger partial charge on any atom is 0.234 e. The van der Waals surface area contributed by atoms with Gasteiger partial charge in [-0.25, -0.2) is 0 Å². The Hall–Kier alpha value is -2.21. The molecule has 1 amide bonds. The Morgan fingerprint density at radius 2 is 2.20 bits per heavy atom. The van der Waals surface area contributed by atoms with Gasteiger partial charge in [0.05, 0.1) is 18.6 Å². The van der Waals surface area contributed by atoms with E-state index in [1.165, 1.54) is 11.1 Å². The topological polar surface area (TPSA) is 71.3 Å². The van der Waals surface area contributed by atoms with Crippen molar-refractivity contribution in [2.75, 3.05) is 13.1 Å². The summed E-state index contributed by atoms with van der Waals surface area (Å²) in [5, 5.41) is 7.28. The van der Waals surface area contributed by atoms with Crippen molar-refractivity contribution < 1.29 is 9.32 Å². The van der Waals surface area contributed by atoms with Crippen molar-refractivity contribution in [3.63, 3.8) is 0 Å². The molecule has 1 aromatic heterocycles. The van der Waals surface area contributed by atoms with Crippen LogP contribution in [0.5, 0.6) is 0 Å². The third-order valence-electron chi connectivity index (χ3n) is 5.26. The molecule has 1 aliphatic carbocycles. The highest BCUT2D eigenvalue weighted by molar-refractivity contribution is 5.78. The van der Waals surface area contributed by atoms with E-state index in [-0.39, 0.29) is 18.0 Å². The van der Waals surface area contributed by atoms with Gasteiger partial charge >= 0.3 is 0 Å². The number of nitrogens with one attached hydrogen (secondary N) is 1. The Labute approximate surface area is 147 Å². The smallest absolute Gasteiger partial charge is 0.234 e. The van der Waals surface area contributed by atoms with Gasteiger partial charge in [-0.15, -0.1) is 0 Å². The van der Waals surface area contributed by atoms with E-state index in [0.717, 1.165) is 38.6 Å². The number of hydrogen-bond acceptors (Lipinski definition) is 5. The van der Waals surface area contributed by atoms with E-state index in [4.69, 9.17) is 4.52 Å². The van der Waals surface area contributed by atoms with Gasteiger partial charge in [-0.3, -0.25) is 9.69 Å². The second-order valence-electron chi connectivity index (χ2n) is 7.01. The first-order valence-electron chi connectivity index (χ1n) is 9.12. The second kappa shape index (κ2) is 6.96. The summed E-state index contributed by atoms with van der Waals surface area (Å²) in [7, 11) is 0. The van der Waals surface area contributed by atoms with Crippen LogP contribution in [0.4, 0.5) is 0 Å². The largest absolute Gasteiger partial charge is 0.348 e. The lowest BCUT2D eigenvalue weighted by Gasteiger charge is -2.28. The van der Waals surface area contributed by atoms with E-state index in [0.29, 0.717) is 18.3 Å². The molecule has 1 aromatic carbocycles. The molecule has 1 saturated heterocycles. The third kappa shape index (κ3) is 3.44. The molecule has 2 heterocycles. The number of carbonyl (C=O) groups excluding carboxylic acids is 1. The fourth-order valence-electron chi connectivity index (χ4n) is 4.09. The highest BCUT2D eigenvalue weighted by atomic mass is 16.5.